The molecule has 8 heteroatoms. The van der Waals surface area contributed by atoms with Gasteiger partial charge in [-0.2, -0.15) is 0 Å². The van der Waals surface area contributed by atoms with E-state index in [1.807, 2.05) is 7.05 Å². The maximum Gasteiger partial charge on any atom is 0.193 e. The number of hydrogen-bond donors (Lipinski definition) is 1. The van der Waals surface area contributed by atoms with Crippen molar-refractivity contribution in [1.82, 2.24) is 25.0 Å². The summed E-state index contributed by atoms with van der Waals surface area (Å²) < 4.78 is 2.35. The highest BCUT2D eigenvalue weighted by atomic mass is 127. The first kappa shape index (κ1) is 23.8. The third kappa shape index (κ3) is 6.11. The summed E-state index contributed by atoms with van der Waals surface area (Å²) in [5.74, 6) is 3.34. The van der Waals surface area contributed by atoms with Crippen molar-refractivity contribution in [3.8, 4) is 0 Å². The average molecular weight is 537 g/mol. The number of fused-ring (bicyclic) bond motifs is 1. The number of nitrogens with one attached hydrogen (secondary N) is 1. The van der Waals surface area contributed by atoms with Crippen LogP contribution in [0.4, 0.5) is 5.69 Å². The fraction of sp³-hybridized carbons (Fsp3) is 0.609. The zero-order chi connectivity index (χ0) is 20.8. The van der Waals surface area contributed by atoms with Crippen LogP contribution in [0.2, 0.25) is 0 Å². The van der Waals surface area contributed by atoms with Gasteiger partial charge >= 0.3 is 0 Å². The molecule has 0 spiro atoms. The zero-order valence-electron chi connectivity index (χ0n) is 18.9. The van der Waals surface area contributed by atoms with E-state index in [2.05, 4.69) is 66.1 Å². The van der Waals surface area contributed by atoms with Crippen LogP contribution in [0, 0.1) is 6.92 Å². The second-order valence-corrected chi connectivity index (χ2v) is 8.39. The molecule has 0 atom stereocenters. The molecule has 1 aromatic carbocycles. The van der Waals surface area contributed by atoms with Crippen molar-refractivity contribution in [2.75, 3.05) is 44.7 Å². The van der Waals surface area contributed by atoms with Gasteiger partial charge in [0, 0.05) is 64.8 Å². The highest BCUT2D eigenvalue weighted by Crippen LogP contribution is 2.18. The van der Waals surface area contributed by atoms with Crippen LogP contribution in [-0.2, 0) is 19.4 Å². The Bertz CT molecular complexity index is 855. The molecule has 0 unspecified atom stereocenters. The van der Waals surface area contributed by atoms with Gasteiger partial charge in [-0.1, -0.05) is 18.6 Å². The van der Waals surface area contributed by atoms with Crippen molar-refractivity contribution >= 4 is 35.6 Å². The normalized spacial score (nSPS) is 17.0. The van der Waals surface area contributed by atoms with Gasteiger partial charge in [-0.15, -0.1) is 34.2 Å². The minimum atomic E-state index is 0. The number of guanidine groups is 1. The molecule has 170 valence electrons. The van der Waals surface area contributed by atoms with Gasteiger partial charge in [-0.25, -0.2) is 0 Å². The number of piperazine rings is 1. The van der Waals surface area contributed by atoms with E-state index in [0.29, 0.717) is 0 Å². The van der Waals surface area contributed by atoms with E-state index < -0.39 is 0 Å². The zero-order valence-corrected chi connectivity index (χ0v) is 21.2. The highest BCUT2D eigenvalue weighted by molar-refractivity contribution is 14.0. The number of halogens is 1. The topological polar surface area (TPSA) is 61.6 Å². The Balaban J connectivity index is 0.00000272. The van der Waals surface area contributed by atoms with Crippen LogP contribution in [0.1, 0.15) is 42.9 Å². The van der Waals surface area contributed by atoms with Gasteiger partial charge in [-0.3, -0.25) is 4.99 Å². The van der Waals surface area contributed by atoms with Crippen LogP contribution < -0.4 is 10.2 Å². The summed E-state index contributed by atoms with van der Waals surface area (Å²) in [6, 6.07) is 8.78. The lowest BCUT2D eigenvalue weighted by Crippen LogP contribution is -2.52. The number of rotatable bonds is 5. The van der Waals surface area contributed by atoms with Crippen LogP contribution in [0.3, 0.4) is 0 Å². The van der Waals surface area contributed by atoms with E-state index in [9.17, 15) is 0 Å². The molecular formula is C23H36IN7. The van der Waals surface area contributed by atoms with Gasteiger partial charge in [0.1, 0.15) is 11.6 Å². The second kappa shape index (κ2) is 11.7. The molecule has 31 heavy (non-hydrogen) atoms. The molecule has 2 aliphatic rings. The van der Waals surface area contributed by atoms with E-state index in [-0.39, 0.29) is 24.0 Å². The van der Waals surface area contributed by atoms with Crippen LogP contribution in [0.15, 0.2) is 29.3 Å². The van der Waals surface area contributed by atoms with Gasteiger partial charge < -0.3 is 19.7 Å². The molecule has 4 rings (SSSR count). The molecule has 1 N–H and O–H groups in total. The Labute approximate surface area is 203 Å². The van der Waals surface area contributed by atoms with Gasteiger partial charge in [-0.05, 0) is 43.9 Å². The predicted molar refractivity (Wildman–Crippen MR) is 138 cm³/mol. The minimum absolute atomic E-state index is 0. The maximum atomic E-state index is 4.52. The molecule has 2 aromatic rings. The summed E-state index contributed by atoms with van der Waals surface area (Å²) in [5.41, 5.74) is 2.64. The van der Waals surface area contributed by atoms with E-state index in [4.69, 9.17) is 0 Å². The first-order valence-corrected chi connectivity index (χ1v) is 11.4. The predicted octanol–water partition coefficient (Wildman–Crippen LogP) is 3.26. The molecule has 1 saturated heterocycles. The maximum absolute atomic E-state index is 4.52. The molecule has 1 fully saturated rings. The first-order valence-electron chi connectivity index (χ1n) is 11.4. The molecule has 2 aliphatic heterocycles. The third-order valence-corrected chi connectivity index (χ3v) is 6.20. The summed E-state index contributed by atoms with van der Waals surface area (Å²) in [4.78, 5) is 9.36. The van der Waals surface area contributed by atoms with Crippen LogP contribution >= 0.6 is 24.0 Å². The third-order valence-electron chi connectivity index (χ3n) is 6.20. The van der Waals surface area contributed by atoms with Crippen LogP contribution in [0.5, 0.6) is 0 Å². The monoisotopic (exact) mass is 537 g/mol. The molecular weight excluding hydrogens is 501 g/mol. The number of aromatic nitrogens is 3. The van der Waals surface area contributed by atoms with Crippen molar-refractivity contribution in [3.05, 3.63) is 41.5 Å². The van der Waals surface area contributed by atoms with Crippen molar-refractivity contribution < 1.29 is 0 Å². The van der Waals surface area contributed by atoms with Crippen molar-refractivity contribution in [2.45, 2.75) is 52.0 Å². The van der Waals surface area contributed by atoms with E-state index >= 15 is 0 Å². The lowest BCUT2D eigenvalue weighted by Gasteiger charge is -2.37. The largest absolute Gasteiger partial charge is 0.368 e. The number of benzene rings is 1. The van der Waals surface area contributed by atoms with Gasteiger partial charge in [0.25, 0.3) is 0 Å². The quantitative estimate of drug-likeness (QED) is 0.275. The van der Waals surface area contributed by atoms with Gasteiger partial charge in [0.05, 0.1) is 0 Å². The Kier molecular flexibility index (Phi) is 8.98. The van der Waals surface area contributed by atoms with Crippen molar-refractivity contribution in [3.63, 3.8) is 0 Å². The highest BCUT2D eigenvalue weighted by Gasteiger charge is 2.20. The lowest BCUT2D eigenvalue weighted by atomic mass is 10.2. The summed E-state index contributed by atoms with van der Waals surface area (Å²) >= 11 is 0. The Morgan fingerprint density at radius 3 is 2.68 bits per heavy atom. The van der Waals surface area contributed by atoms with Gasteiger partial charge in [0.2, 0.25) is 0 Å². The molecule has 0 radical (unpaired) electrons. The van der Waals surface area contributed by atoms with Crippen molar-refractivity contribution in [2.24, 2.45) is 4.99 Å². The minimum Gasteiger partial charge on any atom is -0.368 e. The van der Waals surface area contributed by atoms with E-state index in [1.165, 1.54) is 36.3 Å². The fourth-order valence-electron chi connectivity index (χ4n) is 4.51. The van der Waals surface area contributed by atoms with Crippen molar-refractivity contribution in [1.29, 1.82) is 0 Å². The molecule has 0 amide bonds. The number of anilines is 1. The lowest BCUT2D eigenvalue weighted by molar-refractivity contribution is 0.372. The molecule has 7 nitrogen and oxygen atoms in total. The van der Waals surface area contributed by atoms with Crippen LogP contribution in [-0.4, -0.2) is 65.4 Å². The van der Waals surface area contributed by atoms with E-state index in [0.717, 1.165) is 70.3 Å². The summed E-state index contributed by atoms with van der Waals surface area (Å²) in [6.07, 6.45) is 6.88. The summed E-state index contributed by atoms with van der Waals surface area (Å²) in [6.45, 7) is 8.18. The molecule has 1 aromatic heterocycles. The van der Waals surface area contributed by atoms with E-state index in [1.54, 1.807) is 0 Å². The Morgan fingerprint density at radius 1 is 1.06 bits per heavy atom. The average Bonchev–Trinajstić information content (AvgIpc) is 3.00. The first-order chi connectivity index (χ1) is 14.7. The standard InChI is InChI=1S/C23H35N7.HI/c1-19-8-6-9-20(18-19)28-14-16-29(17-15-28)23(24-2)25-12-7-11-22-27-26-21-10-4-3-5-13-30(21)22;/h6,8-9,18H,3-5,7,10-17H2,1-2H3,(H,24,25);1H. The number of nitrogens with zero attached hydrogens (tertiary/aromatic N) is 6. The SMILES string of the molecule is CN=C(NCCCc1nnc2n1CCCCC2)N1CCN(c2cccc(C)c2)CC1.I. The Hall–Kier alpha value is -1.84. The fourth-order valence-corrected chi connectivity index (χ4v) is 4.51. The Morgan fingerprint density at radius 2 is 1.90 bits per heavy atom. The number of hydrogen-bond acceptors (Lipinski definition) is 4. The molecule has 3 heterocycles. The molecule has 0 aliphatic carbocycles. The van der Waals surface area contributed by atoms with Gasteiger partial charge in [0.15, 0.2) is 5.96 Å². The van der Waals surface area contributed by atoms with Crippen LogP contribution in [0.25, 0.3) is 0 Å². The number of aliphatic imine (C=N–C) groups is 1. The second-order valence-electron chi connectivity index (χ2n) is 8.39. The number of aryl methyl sites for hydroxylation is 3. The molecule has 0 saturated carbocycles. The summed E-state index contributed by atoms with van der Waals surface area (Å²) in [7, 11) is 1.88. The smallest absolute Gasteiger partial charge is 0.193 e. The summed E-state index contributed by atoms with van der Waals surface area (Å²) in [5, 5.41) is 12.4. The molecule has 0 bridgehead atoms.